The summed E-state index contributed by atoms with van der Waals surface area (Å²) < 4.78 is 15.6. The zero-order valence-corrected chi connectivity index (χ0v) is 14.8. The number of hydrogen-bond acceptors (Lipinski definition) is 4. The van der Waals surface area contributed by atoms with Crippen molar-refractivity contribution in [2.75, 3.05) is 25.5 Å². The first kappa shape index (κ1) is 16.5. The lowest BCUT2D eigenvalue weighted by atomic mass is 10.1. The molecular formula is C19H20FN5O. The number of carbonyl (C=O) groups is 1. The molecule has 0 spiro atoms. The number of amides is 1. The van der Waals surface area contributed by atoms with Gasteiger partial charge >= 0.3 is 0 Å². The number of anilines is 1. The number of aromatic nitrogens is 3. The molecule has 1 aliphatic heterocycles. The molecule has 2 aromatic heterocycles. The average molecular weight is 353 g/mol. The standard InChI is InChI=1S/C19H20FN5O/c1-23-8-3-4-13-11-21-25-9-7-17(22-18(13)25)24(2)12-14-10-15(20)5-6-16(14)19(23)26/h5-7,9-11H,3-4,8,12H2,1-2H3. The average Bonchev–Trinajstić information content (AvgIpc) is 3.03. The quantitative estimate of drug-likeness (QED) is 0.623. The summed E-state index contributed by atoms with van der Waals surface area (Å²) in [6, 6.07) is 6.21. The number of rotatable bonds is 0. The van der Waals surface area contributed by atoms with Crippen LogP contribution in [0.15, 0.2) is 36.7 Å². The van der Waals surface area contributed by atoms with Crippen molar-refractivity contribution < 1.29 is 9.18 Å². The molecule has 0 unspecified atom stereocenters. The van der Waals surface area contributed by atoms with Crippen LogP contribution >= 0.6 is 0 Å². The molecule has 0 radical (unpaired) electrons. The van der Waals surface area contributed by atoms with E-state index in [0.717, 1.165) is 29.9 Å². The van der Waals surface area contributed by atoms with Gasteiger partial charge in [-0.3, -0.25) is 4.79 Å². The third-order valence-corrected chi connectivity index (χ3v) is 4.81. The van der Waals surface area contributed by atoms with Gasteiger partial charge in [0.15, 0.2) is 5.65 Å². The highest BCUT2D eigenvalue weighted by molar-refractivity contribution is 5.95. The van der Waals surface area contributed by atoms with Gasteiger partial charge in [0.1, 0.15) is 11.6 Å². The molecule has 26 heavy (non-hydrogen) atoms. The van der Waals surface area contributed by atoms with Gasteiger partial charge in [-0.1, -0.05) is 0 Å². The number of aryl methyl sites for hydroxylation is 1. The van der Waals surface area contributed by atoms with Crippen molar-refractivity contribution in [1.82, 2.24) is 19.5 Å². The molecule has 1 aromatic carbocycles. The molecule has 3 heterocycles. The van der Waals surface area contributed by atoms with Crippen LogP contribution in [-0.2, 0) is 13.0 Å². The summed E-state index contributed by atoms with van der Waals surface area (Å²) >= 11 is 0. The molecule has 0 atom stereocenters. The van der Waals surface area contributed by atoms with Gasteiger partial charge < -0.3 is 9.80 Å². The third-order valence-electron chi connectivity index (χ3n) is 4.81. The number of carbonyl (C=O) groups excluding carboxylic acids is 1. The van der Waals surface area contributed by atoms with Crippen molar-refractivity contribution in [3.8, 4) is 0 Å². The lowest BCUT2D eigenvalue weighted by Crippen LogP contribution is -2.30. The molecule has 1 aliphatic rings. The number of fused-ring (bicyclic) bond motifs is 2. The predicted octanol–water partition coefficient (Wildman–Crippen LogP) is 2.52. The Morgan fingerprint density at radius 3 is 2.81 bits per heavy atom. The molecule has 2 bridgehead atoms. The molecule has 0 N–H and O–H groups in total. The van der Waals surface area contributed by atoms with Crippen LogP contribution < -0.4 is 4.90 Å². The fourth-order valence-corrected chi connectivity index (χ4v) is 3.35. The topological polar surface area (TPSA) is 53.7 Å². The molecule has 0 saturated heterocycles. The van der Waals surface area contributed by atoms with Crippen molar-refractivity contribution in [2.24, 2.45) is 0 Å². The summed E-state index contributed by atoms with van der Waals surface area (Å²) in [6.45, 7) is 1.00. The summed E-state index contributed by atoms with van der Waals surface area (Å²) in [7, 11) is 3.67. The van der Waals surface area contributed by atoms with E-state index in [0.29, 0.717) is 24.2 Å². The first-order valence-corrected chi connectivity index (χ1v) is 8.61. The second kappa shape index (κ2) is 6.40. The Labute approximate surface area is 150 Å². The highest BCUT2D eigenvalue weighted by atomic mass is 19.1. The van der Waals surface area contributed by atoms with Gasteiger partial charge in [-0.2, -0.15) is 5.10 Å². The second-order valence-corrected chi connectivity index (χ2v) is 6.71. The Morgan fingerprint density at radius 1 is 1.12 bits per heavy atom. The normalized spacial score (nSPS) is 15.6. The Hall–Kier alpha value is -2.96. The van der Waals surface area contributed by atoms with Gasteiger partial charge in [-0.15, -0.1) is 0 Å². The Balaban J connectivity index is 1.82. The van der Waals surface area contributed by atoms with Crippen molar-refractivity contribution in [2.45, 2.75) is 19.4 Å². The largest absolute Gasteiger partial charge is 0.355 e. The Morgan fingerprint density at radius 2 is 1.96 bits per heavy atom. The molecule has 7 heteroatoms. The first-order valence-electron chi connectivity index (χ1n) is 8.61. The van der Waals surface area contributed by atoms with Crippen LogP contribution in [0.25, 0.3) is 5.65 Å². The SMILES string of the molecule is CN1CCCc2cnn3ccc(nc23)N(C)Cc2cc(F)ccc2C1=O. The molecule has 1 amide bonds. The van der Waals surface area contributed by atoms with Crippen molar-refractivity contribution in [1.29, 1.82) is 0 Å². The summed E-state index contributed by atoms with van der Waals surface area (Å²) in [4.78, 5) is 21.2. The van der Waals surface area contributed by atoms with Gasteiger partial charge in [0, 0.05) is 44.5 Å². The molecule has 0 fully saturated rings. The zero-order chi connectivity index (χ0) is 18.3. The van der Waals surface area contributed by atoms with E-state index >= 15 is 0 Å². The van der Waals surface area contributed by atoms with E-state index in [4.69, 9.17) is 4.98 Å². The molecule has 0 aliphatic carbocycles. The highest BCUT2D eigenvalue weighted by Gasteiger charge is 2.19. The molecule has 4 rings (SSSR count). The number of halogens is 1. The lowest BCUT2D eigenvalue weighted by molar-refractivity contribution is 0.0792. The number of nitrogens with zero attached hydrogens (tertiary/aromatic N) is 5. The van der Waals surface area contributed by atoms with Crippen LogP contribution in [0.5, 0.6) is 0 Å². The highest BCUT2D eigenvalue weighted by Crippen LogP contribution is 2.21. The summed E-state index contributed by atoms with van der Waals surface area (Å²) in [5, 5.41) is 4.34. The van der Waals surface area contributed by atoms with Gasteiger partial charge in [0.2, 0.25) is 0 Å². The predicted molar refractivity (Wildman–Crippen MR) is 96.8 cm³/mol. The van der Waals surface area contributed by atoms with Crippen LogP contribution in [0.2, 0.25) is 0 Å². The van der Waals surface area contributed by atoms with E-state index in [-0.39, 0.29) is 11.7 Å². The monoisotopic (exact) mass is 353 g/mol. The van der Waals surface area contributed by atoms with Crippen molar-refractivity contribution in [3.63, 3.8) is 0 Å². The molecule has 134 valence electrons. The fraction of sp³-hybridized carbons (Fsp3) is 0.316. The number of hydrogen-bond donors (Lipinski definition) is 0. The maximum absolute atomic E-state index is 13.8. The van der Waals surface area contributed by atoms with E-state index in [1.54, 1.807) is 22.5 Å². The van der Waals surface area contributed by atoms with Crippen molar-refractivity contribution >= 4 is 17.4 Å². The molecule has 0 saturated carbocycles. The van der Waals surface area contributed by atoms with Crippen LogP contribution in [0.3, 0.4) is 0 Å². The minimum absolute atomic E-state index is 0.0903. The lowest BCUT2D eigenvalue weighted by Gasteiger charge is -2.22. The summed E-state index contributed by atoms with van der Waals surface area (Å²) in [6.07, 6.45) is 5.30. The minimum Gasteiger partial charge on any atom is -0.355 e. The van der Waals surface area contributed by atoms with Crippen LogP contribution in [-0.4, -0.2) is 46.0 Å². The fourth-order valence-electron chi connectivity index (χ4n) is 3.35. The van der Waals surface area contributed by atoms with Crippen LogP contribution in [0, 0.1) is 5.82 Å². The van der Waals surface area contributed by atoms with E-state index in [1.165, 1.54) is 12.1 Å². The number of benzene rings is 1. The summed E-state index contributed by atoms with van der Waals surface area (Å²) in [5.74, 6) is 0.320. The molecular weight excluding hydrogens is 333 g/mol. The van der Waals surface area contributed by atoms with E-state index < -0.39 is 0 Å². The Bertz CT molecular complexity index is 983. The zero-order valence-electron chi connectivity index (χ0n) is 14.8. The Kier molecular flexibility index (Phi) is 4.06. The van der Waals surface area contributed by atoms with Gasteiger partial charge in [0.05, 0.1) is 6.20 Å². The summed E-state index contributed by atoms with van der Waals surface area (Å²) in [5.41, 5.74) is 3.06. The van der Waals surface area contributed by atoms with Crippen LogP contribution in [0.1, 0.15) is 27.9 Å². The maximum Gasteiger partial charge on any atom is 0.253 e. The second-order valence-electron chi connectivity index (χ2n) is 6.71. The maximum atomic E-state index is 13.8. The van der Waals surface area contributed by atoms with Crippen molar-refractivity contribution in [3.05, 3.63) is 59.2 Å². The van der Waals surface area contributed by atoms with Crippen LogP contribution in [0.4, 0.5) is 10.2 Å². The van der Waals surface area contributed by atoms with E-state index in [9.17, 15) is 9.18 Å². The molecule has 6 nitrogen and oxygen atoms in total. The smallest absolute Gasteiger partial charge is 0.253 e. The van der Waals surface area contributed by atoms with E-state index in [1.807, 2.05) is 30.4 Å². The molecule has 3 aromatic rings. The van der Waals surface area contributed by atoms with E-state index in [2.05, 4.69) is 5.10 Å². The van der Waals surface area contributed by atoms with Gasteiger partial charge in [0.25, 0.3) is 5.91 Å². The third kappa shape index (κ3) is 2.89. The van der Waals surface area contributed by atoms with Gasteiger partial charge in [-0.05, 0) is 42.7 Å². The first-order chi connectivity index (χ1) is 12.5. The van der Waals surface area contributed by atoms with Gasteiger partial charge in [-0.25, -0.2) is 13.9 Å². The minimum atomic E-state index is -0.349.